The molecule has 21 heavy (non-hydrogen) atoms. The number of hydrogen-bond donors (Lipinski definition) is 0. The van der Waals surface area contributed by atoms with Crippen molar-refractivity contribution in [3.05, 3.63) is 52.9 Å². The van der Waals surface area contributed by atoms with Crippen molar-refractivity contribution in [3.63, 3.8) is 0 Å². The lowest BCUT2D eigenvalue weighted by Gasteiger charge is -2.08. The van der Waals surface area contributed by atoms with E-state index in [0.29, 0.717) is 27.8 Å². The van der Waals surface area contributed by atoms with Gasteiger partial charge in [0.2, 0.25) is 0 Å². The molecule has 0 fully saturated rings. The molecule has 0 amide bonds. The quantitative estimate of drug-likeness (QED) is 0.658. The van der Waals surface area contributed by atoms with Gasteiger partial charge >= 0.3 is 0 Å². The van der Waals surface area contributed by atoms with E-state index in [0.717, 1.165) is 10.9 Å². The van der Waals surface area contributed by atoms with E-state index in [4.69, 9.17) is 16.3 Å². The Morgan fingerprint density at radius 3 is 2.67 bits per heavy atom. The number of aryl methyl sites for hydroxylation is 1. The van der Waals surface area contributed by atoms with Crippen LogP contribution in [0.4, 0.5) is 4.39 Å². The van der Waals surface area contributed by atoms with E-state index < -0.39 is 0 Å². The molecule has 0 atom stereocenters. The molecule has 0 bridgehead atoms. The molecular formula is C16H12ClFN2O. The number of halogens is 2. The first-order valence-corrected chi connectivity index (χ1v) is 6.74. The molecule has 3 aromatic rings. The van der Waals surface area contributed by atoms with E-state index in [2.05, 4.69) is 9.97 Å². The van der Waals surface area contributed by atoms with Crippen LogP contribution in [0.1, 0.15) is 5.56 Å². The van der Waals surface area contributed by atoms with E-state index in [-0.39, 0.29) is 5.82 Å². The van der Waals surface area contributed by atoms with Crippen LogP contribution in [0, 0.1) is 12.7 Å². The molecule has 0 aliphatic heterocycles. The number of fused-ring (bicyclic) bond motifs is 1. The summed E-state index contributed by atoms with van der Waals surface area (Å²) < 4.78 is 18.6. The van der Waals surface area contributed by atoms with Gasteiger partial charge in [-0.15, -0.1) is 0 Å². The zero-order valence-electron chi connectivity index (χ0n) is 11.5. The van der Waals surface area contributed by atoms with Gasteiger partial charge in [-0.05, 0) is 36.8 Å². The fourth-order valence-electron chi connectivity index (χ4n) is 2.15. The normalized spacial score (nSPS) is 10.9. The molecule has 0 aliphatic rings. The Balaban J connectivity index is 2.26. The number of ether oxygens (including phenoxy) is 1. The Kier molecular flexibility index (Phi) is 3.47. The Bertz CT molecular complexity index is 836. The summed E-state index contributed by atoms with van der Waals surface area (Å²) in [7, 11) is 1.58. The maximum absolute atomic E-state index is 13.5. The molecule has 1 heterocycles. The van der Waals surface area contributed by atoms with Crippen LogP contribution in [-0.2, 0) is 0 Å². The minimum absolute atomic E-state index is 0.332. The van der Waals surface area contributed by atoms with Crippen molar-refractivity contribution in [2.75, 3.05) is 7.11 Å². The predicted molar refractivity (Wildman–Crippen MR) is 81.2 cm³/mol. The molecule has 3 nitrogen and oxygen atoms in total. The van der Waals surface area contributed by atoms with Gasteiger partial charge in [0.1, 0.15) is 16.7 Å². The van der Waals surface area contributed by atoms with Crippen LogP contribution in [0.3, 0.4) is 0 Å². The second kappa shape index (κ2) is 5.30. The zero-order chi connectivity index (χ0) is 15.0. The maximum atomic E-state index is 13.5. The van der Waals surface area contributed by atoms with E-state index in [1.165, 1.54) is 12.1 Å². The SMILES string of the molecule is COc1ccc2c(Cl)nc(-c3cc(F)ccc3C)nc2c1. The van der Waals surface area contributed by atoms with Crippen LogP contribution in [0.25, 0.3) is 22.3 Å². The standard InChI is InChI=1S/C16H12ClFN2O/c1-9-3-4-10(18)7-13(9)16-19-14-8-11(21-2)5-6-12(14)15(17)20-16/h3-8H,1-2H3. The van der Waals surface area contributed by atoms with Gasteiger partial charge in [0.15, 0.2) is 5.82 Å². The Morgan fingerprint density at radius 1 is 1.10 bits per heavy atom. The molecule has 0 N–H and O–H groups in total. The summed E-state index contributed by atoms with van der Waals surface area (Å²) in [6, 6.07) is 9.89. The first kappa shape index (κ1) is 13.8. The van der Waals surface area contributed by atoms with E-state index in [1.54, 1.807) is 31.4 Å². The van der Waals surface area contributed by atoms with E-state index in [1.807, 2.05) is 6.92 Å². The molecule has 106 valence electrons. The van der Waals surface area contributed by atoms with Crippen LogP contribution in [0.2, 0.25) is 5.15 Å². The van der Waals surface area contributed by atoms with Crippen molar-refractivity contribution in [3.8, 4) is 17.1 Å². The van der Waals surface area contributed by atoms with Gasteiger partial charge in [-0.25, -0.2) is 14.4 Å². The number of nitrogens with zero attached hydrogens (tertiary/aromatic N) is 2. The Labute approximate surface area is 126 Å². The van der Waals surface area contributed by atoms with Crippen molar-refractivity contribution in [2.45, 2.75) is 6.92 Å². The monoisotopic (exact) mass is 302 g/mol. The summed E-state index contributed by atoms with van der Waals surface area (Å²) in [5, 5.41) is 1.07. The Hall–Kier alpha value is -2.20. The highest BCUT2D eigenvalue weighted by Gasteiger charge is 2.11. The minimum atomic E-state index is -0.332. The number of hydrogen-bond acceptors (Lipinski definition) is 3. The van der Waals surface area contributed by atoms with Crippen LogP contribution >= 0.6 is 11.6 Å². The lowest BCUT2D eigenvalue weighted by molar-refractivity contribution is 0.415. The highest BCUT2D eigenvalue weighted by Crippen LogP contribution is 2.29. The molecule has 1 aromatic heterocycles. The highest BCUT2D eigenvalue weighted by atomic mass is 35.5. The molecule has 3 rings (SSSR count). The van der Waals surface area contributed by atoms with Crippen molar-refractivity contribution in [1.82, 2.24) is 9.97 Å². The first-order chi connectivity index (χ1) is 10.1. The van der Waals surface area contributed by atoms with Crippen LogP contribution in [0.5, 0.6) is 5.75 Å². The average molecular weight is 303 g/mol. The van der Waals surface area contributed by atoms with E-state index in [9.17, 15) is 4.39 Å². The summed E-state index contributed by atoms with van der Waals surface area (Å²) in [6.45, 7) is 1.88. The molecule has 0 radical (unpaired) electrons. The average Bonchev–Trinajstić information content (AvgIpc) is 2.49. The van der Waals surface area contributed by atoms with Crippen LogP contribution in [-0.4, -0.2) is 17.1 Å². The first-order valence-electron chi connectivity index (χ1n) is 6.36. The molecule has 5 heteroatoms. The van der Waals surface area contributed by atoms with Crippen molar-refractivity contribution >= 4 is 22.5 Å². The molecule has 0 saturated carbocycles. The summed E-state index contributed by atoms with van der Waals surface area (Å²) in [5.74, 6) is 0.748. The van der Waals surface area contributed by atoms with Crippen molar-refractivity contribution in [1.29, 1.82) is 0 Å². The van der Waals surface area contributed by atoms with Gasteiger partial charge in [-0.1, -0.05) is 17.7 Å². The lowest BCUT2D eigenvalue weighted by Crippen LogP contribution is -1.95. The van der Waals surface area contributed by atoms with Crippen LogP contribution in [0.15, 0.2) is 36.4 Å². The molecule has 0 aliphatic carbocycles. The summed E-state index contributed by atoms with van der Waals surface area (Å²) in [5.41, 5.74) is 2.17. The molecule has 0 saturated heterocycles. The fraction of sp³-hybridized carbons (Fsp3) is 0.125. The fourth-order valence-corrected chi connectivity index (χ4v) is 2.39. The maximum Gasteiger partial charge on any atom is 0.161 e. The van der Waals surface area contributed by atoms with E-state index >= 15 is 0 Å². The van der Waals surface area contributed by atoms with Gasteiger partial charge in [-0.3, -0.25) is 0 Å². The Morgan fingerprint density at radius 2 is 1.90 bits per heavy atom. The second-order valence-corrected chi connectivity index (χ2v) is 5.04. The van der Waals surface area contributed by atoms with Crippen molar-refractivity contribution in [2.24, 2.45) is 0 Å². The number of benzene rings is 2. The largest absolute Gasteiger partial charge is 0.497 e. The molecular weight excluding hydrogens is 291 g/mol. The van der Waals surface area contributed by atoms with Crippen LogP contribution < -0.4 is 4.74 Å². The van der Waals surface area contributed by atoms with Gasteiger partial charge in [0, 0.05) is 17.0 Å². The van der Waals surface area contributed by atoms with Gasteiger partial charge in [-0.2, -0.15) is 0 Å². The van der Waals surface area contributed by atoms with Gasteiger partial charge < -0.3 is 4.74 Å². The third-order valence-corrected chi connectivity index (χ3v) is 3.59. The molecule has 0 unspecified atom stereocenters. The zero-order valence-corrected chi connectivity index (χ0v) is 12.3. The third kappa shape index (κ3) is 2.54. The number of aromatic nitrogens is 2. The smallest absolute Gasteiger partial charge is 0.161 e. The number of methoxy groups -OCH3 is 1. The van der Waals surface area contributed by atoms with Crippen molar-refractivity contribution < 1.29 is 9.13 Å². The second-order valence-electron chi connectivity index (χ2n) is 4.68. The van der Waals surface area contributed by atoms with Gasteiger partial charge in [0.25, 0.3) is 0 Å². The topological polar surface area (TPSA) is 35.0 Å². The summed E-state index contributed by atoms with van der Waals surface area (Å²) in [6.07, 6.45) is 0. The number of rotatable bonds is 2. The third-order valence-electron chi connectivity index (χ3n) is 3.30. The minimum Gasteiger partial charge on any atom is -0.497 e. The van der Waals surface area contributed by atoms with Gasteiger partial charge in [0.05, 0.1) is 12.6 Å². The summed E-state index contributed by atoms with van der Waals surface area (Å²) >= 11 is 6.21. The predicted octanol–water partition coefficient (Wildman–Crippen LogP) is 4.41. The highest BCUT2D eigenvalue weighted by molar-refractivity contribution is 6.34. The molecule has 0 spiro atoms. The lowest BCUT2D eigenvalue weighted by atomic mass is 10.1. The molecule has 2 aromatic carbocycles. The summed E-state index contributed by atoms with van der Waals surface area (Å²) in [4.78, 5) is 8.75.